The first-order chi connectivity index (χ1) is 11.3. The summed E-state index contributed by atoms with van der Waals surface area (Å²) in [7, 11) is 0. The number of anilines is 1. The van der Waals surface area contributed by atoms with Gasteiger partial charge in [-0.2, -0.15) is 0 Å². The van der Waals surface area contributed by atoms with E-state index < -0.39 is 6.36 Å². The van der Waals surface area contributed by atoms with Crippen LogP contribution in [0.15, 0.2) is 42.6 Å². The van der Waals surface area contributed by atoms with E-state index >= 15 is 0 Å². The van der Waals surface area contributed by atoms with Crippen LogP contribution in [0.3, 0.4) is 0 Å². The van der Waals surface area contributed by atoms with E-state index in [2.05, 4.69) is 15.0 Å². The highest BCUT2D eigenvalue weighted by atomic mass is 19.4. The third-order valence-corrected chi connectivity index (χ3v) is 3.77. The van der Waals surface area contributed by atoms with Gasteiger partial charge in [-0.05, 0) is 43.7 Å². The van der Waals surface area contributed by atoms with E-state index in [9.17, 15) is 13.2 Å². The lowest BCUT2D eigenvalue weighted by Gasteiger charge is -2.10. The maximum absolute atomic E-state index is 12.2. The molecule has 3 rings (SSSR count). The Morgan fingerprint density at radius 1 is 1.12 bits per heavy atom. The molecule has 24 heavy (non-hydrogen) atoms. The Hall–Kier alpha value is -2.70. The molecule has 0 saturated heterocycles. The van der Waals surface area contributed by atoms with Crippen LogP contribution in [0, 0.1) is 13.8 Å². The van der Waals surface area contributed by atoms with Gasteiger partial charge in [0.1, 0.15) is 5.75 Å². The predicted molar refractivity (Wildman–Crippen MR) is 85.1 cm³/mol. The number of fused-ring (bicyclic) bond motifs is 1. The zero-order valence-corrected chi connectivity index (χ0v) is 13.2. The van der Waals surface area contributed by atoms with Crippen molar-refractivity contribution in [1.82, 2.24) is 9.38 Å². The van der Waals surface area contributed by atoms with Gasteiger partial charge < -0.3 is 14.5 Å². The molecule has 4 nitrogen and oxygen atoms in total. The number of imidazole rings is 1. The Morgan fingerprint density at radius 3 is 2.50 bits per heavy atom. The number of halogens is 3. The van der Waals surface area contributed by atoms with Gasteiger partial charge in [0.2, 0.25) is 0 Å². The van der Waals surface area contributed by atoms with E-state index in [1.807, 2.05) is 36.6 Å². The van der Waals surface area contributed by atoms with E-state index in [-0.39, 0.29) is 5.75 Å². The van der Waals surface area contributed by atoms with Crippen molar-refractivity contribution in [1.29, 1.82) is 0 Å². The van der Waals surface area contributed by atoms with Gasteiger partial charge in [-0.15, -0.1) is 13.2 Å². The quantitative estimate of drug-likeness (QED) is 0.765. The smallest absolute Gasteiger partial charge is 0.406 e. The summed E-state index contributed by atoms with van der Waals surface area (Å²) in [6.45, 7) is 4.42. The monoisotopic (exact) mass is 335 g/mol. The molecule has 0 radical (unpaired) electrons. The van der Waals surface area contributed by atoms with Gasteiger partial charge in [0.15, 0.2) is 5.65 Å². The van der Waals surface area contributed by atoms with Crippen molar-refractivity contribution in [2.24, 2.45) is 0 Å². The average Bonchev–Trinajstić information content (AvgIpc) is 2.81. The summed E-state index contributed by atoms with van der Waals surface area (Å²) in [5.74, 6) is -0.229. The van der Waals surface area contributed by atoms with Crippen LogP contribution in [-0.2, 0) is 6.54 Å². The van der Waals surface area contributed by atoms with Crippen LogP contribution in [0.1, 0.15) is 17.0 Å². The summed E-state index contributed by atoms with van der Waals surface area (Å²) in [5.41, 5.74) is 4.56. The molecule has 2 heterocycles. The molecule has 0 saturated carbocycles. The second-order valence-corrected chi connectivity index (χ2v) is 5.44. The van der Waals surface area contributed by atoms with Crippen molar-refractivity contribution >= 4 is 11.3 Å². The average molecular weight is 335 g/mol. The van der Waals surface area contributed by atoms with Crippen LogP contribution in [0.25, 0.3) is 5.65 Å². The minimum Gasteiger partial charge on any atom is -0.406 e. The number of aryl methyl sites for hydroxylation is 2. The van der Waals surface area contributed by atoms with Crippen LogP contribution in [-0.4, -0.2) is 15.7 Å². The Bertz CT molecular complexity index is 854. The summed E-state index contributed by atoms with van der Waals surface area (Å²) in [5, 5.41) is 3.27. The lowest BCUT2D eigenvalue weighted by Crippen LogP contribution is -2.17. The van der Waals surface area contributed by atoms with Crippen molar-refractivity contribution in [2.75, 3.05) is 5.32 Å². The molecular formula is C17H16F3N3O. The van der Waals surface area contributed by atoms with Gasteiger partial charge in [0.05, 0.1) is 11.4 Å². The molecule has 0 unspecified atom stereocenters. The van der Waals surface area contributed by atoms with Gasteiger partial charge in [0, 0.05) is 18.4 Å². The third-order valence-electron chi connectivity index (χ3n) is 3.77. The molecule has 3 aromatic rings. The van der Waals surface area contributed by atoms with Crippen molar-refractivity contribution < 1.29 is 17.9 Å². The third kappa shape index (κ3) is 3.45. The molecule has 0 spiro atoms. The molecule has 126 valence electrons. The van der Waals surface area contributed by atoms with Crippen molar-refractivity contribution in [3.05, 3.63) is 59.5 Å². The molecule has 0 bridgehead atoms. The fourth-order valence-corrected chi connectivity index (χ4v) is 2.44. The Kier molecular flexibility index (Phi) is 4.09. The predicted octanol–water partition coefficient (Wildman–Crippen LogP) is 4.46. The molecule has 0 aliphatic rings. The van der Waals surface area contributed by atoms with E-state index in [4.69, 9.17) is 0 Å². The molecule has 0 fully saturated rings. The number of benzene rings is 1. The zero-order valence-electron chi connectivity index (χ0n) is 13.2. The maximum atomic E-state index is 12.2. The molecule has 2 aromatic heterocycles. The highest BCUT2D eigenvalue weighted by Gasteiger charge is 2.30. The van der Waals surface area contributed by atoms with Crippen molar-refractivity contribution in [3.63, 3.8) is 0 Å². The van der Waals surface area contributed by atoms with Gasteiger partial charge in [-0.25, -0.2) is 4.98 Å². The van der Waals surface area contributed by atoms with Gasteiger partial charge in [-0.3, -0.25) is 0 Å². The summed E-state index contributed by atoms with van der Waals surface area (Å²) < 4.78 is 42.3. The molecule has 7 heteroatoms. The van der Waals surface area contributed by atoms with Crippen LogP contribution in [0.5, 0.6) is 5.75 Å². The lowest BCUT2D eigenvalue weighted by molar-refractivity contribution is -0.274. The number of hydrogen-bond donors (Lipinski definition) is 1. The highest BCUT2D eigenvalue weighted by Crippen LogP contribution is 2.24. The summed E-state index contributed by atoms with van der Waals surface area (Å²) in [4.78, 5) is 4.53. The second kappa shape index (κ2) is 6.07. The fourth-order valence-electron chi connectivity index (χ4n) is 2.44. The normalized spacial score (nSPS) is 11.7. The Morgan fingerprint density at radius 2 is 1.83 bits per heavy atom. The van der Waals surface area contributed by atoms with Gasteiger partial charge >= 0.3 is 6.36 Å². The van der Waals surface area contributed by atoms with Crippen molar-refractivity contribution in [3.8, 4) is 5.75 Å². The minimum atomic E-state index is -4.67. The second-order valence-electron chi connectivity index (χ2n) is 5.44. The number of pyridine rings is 1. The van der Waals surface area contributed by atoms with E-state index in [0.29, 0.717) is 6.54 Å². The first-order valence-corrected chi connectivity index (χ1v) is 7.36. The molecular weight excluding hydrogens is 319 g/mol. The van der Waals surface area contributed by atoms with Gasteiger partial charge in [0.25, 0.3) is 0 Å². The number of alkyl halides is 3. The Balaban J connectivity index is 1.73. The summed E-state index contributed by atoms with van der Waals surface area (Å²) in [6, 6.07) is 9.63. The maximum Gasteiger partial charge on any atom is 0.573 e. The largest absolute Gasteiger partial charge is 0.573 e. The number of nitrogens with one attached hydrogen (secondary N) is 1. The number of ether oxygens (including phenoxy) is 1. The van der Waals surface area contributed by atoms with E-state index in [1.54, 1.807) is 12.1 Å². The summed E-state index contributed by atoms with van der Waals surface area (Å²) >= 11 is 0. The molecule has 1 aromatic carbocycles. The molecule has 0 amide bonds. The van der Waals surface area contributed by atoms with E-state index in [0.717, 1.165) is 28.3 Å². The molecule has 0 atom stereocenters. The lowest BCUT2D eigenvalue weighted by atomic mass is 10.2. The number of nitrogens with zero attached hydrogens (tertiary/aromatic N) is 2. The number of hydrogen-bond acceptors (Lipinski definition) is 3. The minimum absolute atomic E-state index is 0.229. The Labute approximate surface area is 136 Å². The SMILES string of the molecule is Cc1nc2c(NCc3ccc(OC(F)(F)F)cc3)cccn2c1C. The summed E-state index contributed by atoms with van der Waals surface area (Å²) in [6.07, 6.45) is -2.73. The van der Waals surface area contributed by atoms with Crippen LogP contribution in [0.2, 0.25) is 0 Å². The first-order valence-electron chi connectivity index (χ1n) is 7.36. The van der Waals surface area contributed by atoms with Crippen molar-refractivity contribution in [2.45, 2.75) is 26.8 Å². The van der Waals surface area contributed by atoms with Crippen LogP contribution in [0.4, 0.5) is 18.9 Å². The molecule has 0 aliphatic carbocycles. The standard InChI is InChI=1S/C17H16F3N3O/c1-11-12(2)23-9-3-4-15(16(23)22-11)21-10-13-5-7-14(8-6-13)24-17(18,19)20/h3-9,21H,10H2,1-2H3. The number of rotatable bonds is 4. The van der Waals surface area contributed by atoms with Gasteiger partial charge in [-0.1, -0.05) is 12.1 Å². The fraction of sp³-hybridized carbons (Fsp3) is 0.235. The zero-order chi connectivity index (χ0) is 17.3. The first kappa shape index (κ1) is 16.2. The van der Waals surface area contributed by atoms with Crippen LogP contribution >= 0.6 is 0 Å². The van der Waals surface area contributed by atoms with E-state index in [1.165, 1.54) is 12.1 Å². The highest BCUT2D eigenvalue weighted by molar-refractivity contribution is 5.68. The van der Waals surface area contributed by atoms with Crippen LogP contribution < -0.4 is 10.1 Å². The molecule has 0 aliphatic heterocycles. The number of aromatic nitrogens is 2. The molecule has 1 N–H and O–H groups in total. The topological polar surface area (TPSA) is 38.6 Å².